The molecule has 0 saturated carbocycles. The van der Waals surface area contributed by atoms with Crippen molar-refractivity contribution in [3.63, 3.8) is 0 Å². The number of benzene rings is 2. The van der Waals surface area contributed by atoms with Crippen molar-refractivity contribution in [2.75, 3.05) is 5.88 Å². The normalized spacial score (nSPS) is 20.7. The first-order valence-electron chi connectivity index (χ1n) is 6.45. The first-order chi connectivity index (χ1) is 8.61. The molecule has 1 aliphatic rings. The standard InChI is InChI=1S/C16H18ClN.ClH/c1-16(2)9-14-12-6-4-3-5-11(12)7-8-13(14)15(10-17)18-16;/h3-8,15,18H,9-10H2,1-2H3;1H. The van der Waals surface area contributed by atoms with Crippen molar-refractivity contribution in [3.05, 3.63) is 47.5 Å². The van der Waals surface area contributed by atoms with Crippen LogP contribution in [0.25, 0.3) is 10.8 Å². The Morgan fingerprint density at radius 2 is 1.95 bits per heavy atom. The van der Waals surface area contributed by atoms with Crippen molar-refractivity contribution in [1.29, 1.82) is 0 Å². The van der Waals surface area contributed by atoms with E-state index in [1.807, 2.05) is 0 Å². The molecule has 0 fully saturated rings. The second-order valence-electron chi connectivity index (χ2n) is 5.77. The average Bonchev–Trinajstić information content (AvgIpc) is 2.36. The lowest BCUT2D eigenvalue weighted by Crippen LogP contribution is -2.48. The summed E-state index contributed by atoms with van der Waals surface area (Å²) in [4.78, 5) is 0. The van der Waals surface area contributed by atoms with Crippen LogP contribution in [-0.2, 0) is 6.42 Å². The third-order valence-corrected chi connectivity index (χ3v) is 4.10. The lowest BCUT2D eigenvalue weighted by atomic mass is 9.81. The summed E-state index contributed by atoms with van der Waals surface area (Å²) in [5.74, 6) is 0.620. The van der Waals surface area contributed by atoms with Crippen LogP contribution in [0.4, 0.5) is 0 Å². The second kappa shape index (κ2) is 5.32. The van der Waals surface area contributed by atoms with Crippen molar-refractivity contribution < 1.29 is 0 Å². The van der Waals surface area contributed by atoms with Gasteiger partial charge < -0.3 is 5.32 Å². The van der Waals surface area contributed by atoms with Crippen molar-refractivity contribution in [2.24, 2.45) is 0 Å². The summed E-state index contributed by atoms with van der Waals surface area (Å²) in [5, 5.41) is 6.33. The van der Waals surface area contributed by atoms with Crippen molar-refractivity contribution in [2.45, 2.75) is 31.8 Å². The molecule has 102 valence electrons. The van der Waals surface area contributed by atoms with Gasteiger partial charge in [-0.3, -0.25) is 0 Å². The van der Waals surface area contributed by atoms with E-state index >= 15 is 0 Å². The van der Waals surface area contributed by atoms with E-state index in [0.29, 0.717) is 5.88 Å². The van der Waals surface area contributed by atoms with Crippen LogP contribution in [-0.4, -0.2) is 11.4 Å². The molecule has 0 spiro atoms. The predicted molar refractivity (Wildman–Crippen MR) is 85.6 cm³/mol. The van der Waals surface area contributed by atoms with E-state index in [1.54, 1.807) is 0 Å². The number of hydrogen-bond acceptors (Lipinski definition) is 1. The smallest absolute Gasteiger partial charge is 0.0464 e. The molecule has 1 aliphatic heterocycles. The monoisotopic (exact) mass is 295 g/mol. The Bertz CT molecular complexity index is 592. The van der Waals surface area contributed by atoms with Gasteiger partial charge in [-0.1, -0.05) is 36.4 Å². The first kappa shape index (κ1) is 14.6. The lowest BCUT2D eigenvalue weighted by Gasteiger charge is -2.38. The number of halogens is 2. The van der Waals surface area contributed by atoms with Crippen LogP contribution in [0.1, 0.15) is 31.0 Å². The molecule has 0 radical (unpaired) electrons. The first-order valence-corrected chi connectivity index (χ1v) is 6.98. The maximum absolute atomic E-state index is 6.12. The highest BCUT2D eigenvalue weighted by Gasteiger charge is 2.31. The molecule has 0 saturated heterocycles. The topological polar surface area (TPSA) is 12.0 Å². The fourth-order valence-corrected chi connectivity index (χ4v) is 3.28. The van der Waals surface area contributed by atoms with Crippen LogP contribution in [0.5, 0.6) is 0 Å². The van der Waals surface area contributed by atoms with Crippen molar-refractivity contribution in [3.8, 4) is 0 Å². The van der Waals surface area contributed by atoms with Crippen molar-refractivity contribution in [1.82, 2.24) is 5.32 Å². The van der Waals surface area contributed by atoms with Gasteiger partial charge in [0, 0.05) is 17.5 Å². The largest absolute Gasteiger partial charge is 0.304 e. The van der Waals surface area contributed by atoms with Crippen LogP contribution >= 0.6 is 24.0 Å². The third kappa shape index (κ3) is 2.60. The predicted octanol–water partition coefficient (Wildman–Crippen LogP) is 4.47. The number of nitrogens with one attached hydrogen (secondary N) is 1. The Morgan fingerprint density at radius 3 is 2.68 bits per heavy atom. The minimum atomic E-state index is 0. The molecule has 1 N–H and O–H groups in total. The fourth-order valence-electron chi connectivity index (χ4n) is 3.04. The van der Waals surface area contributed by atoms with Gasteiger partial charge >= 0.3 is 0 Å². The molecular weight excluding hydrogens is 277 g/mol. The molecule has 2 aromatic rings. The van der Waals surface area contributed by atoms with E-state index in [-0.39, 0.29) is 24.0 Å². The molecule has 0 bridgehead atoms. The van der Waals surface area contributed by atoms with E-state index in [1.165, 1.54) is 21.9 Å². The zero-order valence-electron chi connectivity index (χ0n) is 11.2. The minimum absolute atomic E-state index is 0. The van der Waals surface area contributed by atoms with Crippen LogP contribution in [0.15, 0.2) is 36.4 Å². The molecule has 0 amide bonds. The third-order valence-electron chi connectivity index (χ3n) is 3.79. The molecule has 1 atom stereocenters. The van der Waals surface area contributed by atoms with Crippen LogP contribution < -0.4 is 5.32 Å². The maximum Gasteiger partial charge on any atom is 0.0464 e. The molecule has 19 heavy (non-hydrogen) atoms. The van der Waals surface area contributed by atoms with E-state index in [0.717, 1.165) is 6.42 Å². The zero-order chi connectivity index (χ0) is 12.8. The summed E-state index contributed by atoms with van der Waals surface area (Å²) < 4.78 is 0. The molecule has 3 heteroatoms. The van der Waals surface area contributed by atoms with Crippen molar-refractivity contribution >= 4 is 34.8 Å². The molecule has 0 aliphatic carbocycles. The molecule has 2 aromatic carbocycles. The van der Waals surface area contributed by atoms with Gasteiger partial charge in [-0.25, -0.2) is 0 Å². The number of fused-ring (bicyclic) bond motifs is 3. The van der Waals surface area contributed by atoms with Gasteiger partial charge in [-0.2, -0.15) is 0 Å². The number of rotatable bonds is 1. The summed E-state index contributed by atoms with van der Waals surface area (Å²) in [6, 6.07) is 13.3. The Balaban J connectivity index is 0.00000133. The highest BCUT2D eigenvalue weighted by Crippen LogP contribution is 2.35. The quantitative estimate of drug-likeness (QED) is 0.766. The molecule has 0 aromatic heterocycles. The van der Waals surface area contributed by atoms with E-state index in [4.69, 9.17) is 11.6 Å². The fraction of sp³-hybridized carbons (Fsp3) is 0.375. The molecule has 3 rings (SSSR count). The van der Waals surface area contributed by atoms with Gasteiger partial charge in [0.1, 0.15) is 0 Å². The summed E-state index contributed by atoms with van der Waals surface area (Å²) >= 11 is 6.12. The van der Waals surface area contributed by atoms with Gasteiger partial charge in [0.05, 0.1) is 0 Å². The average molecular weight is 296 g/mol. The van der Waals surface area contributed by atoms with Gasteiger partial charge in [-0.05, 0) is 42.2 Å². The Kier molecular flexibility index (Phi) is 4.10. The van der Waals surface area contributed by atoms with Gasteiger partial charge in [-0.15, -0.1) is 24.0 Å². The molecular formula is C16H19Cl2N. The second-order valence-corrected chi connectivity index (χ2v) is 6.07. The van der Waals surface area contributed by atoms with Gasteiger partial charge in [0.2, 0.25) is 0 Å². The van der Waals surface area contributed by atoms with Gasteiger partial charge in [0.25, 0.3) is 0 Å². The zero-order valence-corrected chi connectivity index (χ0v) is 12.8. The summed E-state index contributed by atoms with van der Waals surface area (Å²) in [6.07, 6.45) is 1.05. The Morgan fingerprint density at radius 1 is 1.21 bits per heavy atom. The van der Waals surface area contributed by atoms with Crippen LogP contribution in [0.3, 0.4) is 0 Å². The highest BCUT2D eigenvalue weighted by atomic mass is 35.5. The Hall–Kier alpha value is -0.760. The number of alkyl halides is 1. The summed E-state index contributed by atoms with van der Waals surface area (Å²) in [7, 11) is 0. The maximum atomic E-state index is 6.12. The molecule has 1 heterocycles. The van der Waals surface area contributed by atoms with Crippen LogP contribution in [0.2, 0.25) is 0 Å². The molecule has 1 nitrogen and oxygen atoms in total. The van der Waals surface area contributed by atoms with Crippen LogP contribution in [0, 0.1) is 0 Å². The lowest BCUT2D eigenvalue weighted by molar-refractivity contribution is 0.325. The van der Waals surface area contributed by atoms with E-state index < -0.39 is 0 Å². The highest BCUT2D eigenvalue weighted by molar-refractivity contribution is 6.18. The van der Waals surface area contributed by atoms with E-state index in [2.05, 4.69) is 55.6 Å². The van der Waals surface area contributed by atoms with Gasteiger partial charge in [0.15, 0.2) is 0 Å². The summed E-state index contributed by atoms with van der Waals surface area (Å²) in [6.45, 7) is 4.49. The number of hydrogen-bond donors (Lipinski definition) is 1. The summed E-state index contributed by atoms with van der Waals surface area (Å²) in [5.41, 5.74) is 2.93. The molecule has 1 unspecified atom stereocenters. The van der Waals surface area contributed by atoms with E-state index in [9.17, 15) is 0 Å². The SMILES string of the molecule is CC1(C)Cc2c(ccc3ccccc23)C(CCl)N1.Cl. The Labute approximate surface area is 125 Å². The minimum Gasteiger partial charge on any atom is -0.304 e.